The highest BCUT2D eigenvalue weighted by atomic mass is 79.9. The van der Waals surface area contributed by atoms with Crippen LogP contribution in [0.2, 0.25) is 5.02 Å². The van der Waals surface area contributed by atoms with Gasteiger partial charge in [-0.05, 0) is 94.3 Å². The molecule has 5 aliphatic rings. The number of piperazine rings is 1. The molecule has 1 aromatic carbocycles. The molecule has 2 aromatic rings. The molecule has 36 heavy (non-hydrogen) atoms. The van der Waals surface area contributed by atoms with Crippen LogP contribution in [0.15, 0.2) is 34.9 Å². The third kappa shape index (κ3) is 4.47. The Kier molecular flexibility index (Phi) is 6.16. The van der Waals surface area contributed by atoms with Crippen LogP contribution in [-0.2, 0) is 16.9 Å². The summed E-state index contributed by atoms with van der Waals surface area (Å²) in [6, 6.07) is 7.98. The van der Waals surface area contributed by atoms with Gasteiger partial charge in [0.1, 0.15) is 4.47 Å². The Bertz CT molecular complexity index is 1180. The van der Waals surface area contributed by atoms with Crippen LogP contribution in [0, 0.1) is 27.4 Å². The Morgan fingerprint density at radius 1 is 1.17 bits per heavy atom. The number of carbonyl (C=O) groups excluding carboxylic acids is 1. The minimum Gasteiger partial charge on any atom is -0.358 e. The first-order chi connectivity index (χ1) is 17.2. The largest absolute Gasteiger partial charge is 0.404 e. The third-order valence-electron chi connectivity index (χ3n) is 9.01. The van der Waals surface area contributed by atoms with Gasteiger partial charge < -0.3 is 15.0 Å². The smallest absolute Gasteiger partial charge is 0.358 e. The second-order valence-electron chi connectivity index (χ2n) is 11.7. The van der Waals surface area contributed by atoms with E-state index in [-0.39, 0.29) is 22.7 Å². The van der Waals surface area contributed by atoms with Crippen LogP contribution < -0.4 is 0 Å². The molecule has 0 spiro atoms. The highest BCUT2D eigenvalue weighted by molar-refractivity contribution is 9.10. The summed E-state index contributed by atoms with van der Waals surface area (Å²) in [5.74, 6) is 1.28. The molecule has 4 aliphatic carbocycles. The van der Waals surface area contributed by atoms with Crippen molar-refractivity contribution in [3.05, 3.63) is 55.6 Å². The molecule has 10 heteroatoms. The monoisotopic (exact) mass is 575 g/mol. The number of amides is 1. The first-order valence-corrected chi connectivity index (χ1v) is 14.0. The number of halogens is 2. The fourth-order valence-electron chi connectivity index (χ4n) is 8.07. The van der Waals surface area contributed by atoms with Crippen LogP contribution in [0.4, 0.5) is 5.82 Å². The first kappa shape index (κ1) is 24.4. The molecule has 2 heterocycles. The van der Waals surface area contributed by atoms with Gasteiger partial charge in [0.05, 0.1) is 16.8 Å². The van der Waals surface area contributed by atoms with E-state index in [9.17, 15) is 14.9 Å². The van der Waals surface area contributed by atoms with Gasteiger partial charge in [0, 0.05) is 44.2 Å². The zero-order chi connectivity index (χ0) is 25.1. The van der Waals surface area contributed by atoms with E-state index in [0.717, 1.165) is 69.9 Å². The highest BCUT2D eigenvalue weighted by Gasteiger charge is 2.60. The van der Waals surface area contributed by atoms with Crippen molar-refractivity contribution >= 4 is 39.3 Å². The van der Waals surface area contributed by atoms with Gasteiger partial charge >= 0.3 is 5.82 Å². The van der Waals surface area contributed by atoms with Crippen molar-refractivity contribution in [3.8, 4) is 0 Å². The number of carbonyl (C=O) groups is 1. The quantitative estimate of drug-likeness (QED) is 0.347. The number of nitrogens with zero attached hydrogens (tertiary/aromatic N) is 5. The van der Waals surface area contributed by atoms with Gasteiger partial charge in [0.15, 0.2) is 0 Å². The Balaban J connectivity index is 1.13. The summed E-state index contributed by atoms with van der Waals surface area (Å²) in [4.78, 5) is 29.0. The zero-order valence-corrected chi connectivity index (χ0v) is 22.6. The number of rotatable bonds is 6. The van der Waals surface area contributed by atoms with Crippen molar-refractivity contribution in [1.29, 1.82) is 0 Å². The van der Waals surface area contributed by atoms with E-state index < -0.39 is 4.92 Å². The molecule has 5 fully saturated rings. The lowest BCUT2D eigenvalue weighted by atomic mass is 9.46. The molecule has 1 saturated heterocycles. The van der Waals surface area contributed by atoms with Gasteiger partial charge in [-0.15, -0.1) is 0 Å². The molecule has 1 aliphatic heterocycles. The summed E-state index contributed by atoms with van der Waals surface area (Å²) in [6.07, 6.45) is 8.68. The van der Waals surface area contributed by atoms with Crippen LogP contribution in [0.3, 0.4) is 0 Å². The van der Waals surface area contributed by atoms with Gasteiger partial charge in [-0.3, -0.25) is 9.69 Å². The van der Waals surface area contributed by atoms with Crippen molar-refractivity contribution in [1.82, 2.24) is 19.6 Å². The van der Waals surface area contributed by atoms with Crippen LogP contribution in [-0.4, -0.2) is 56.6 Å². The molecule has 2 unspecified atom stereocenters. The number of hydrogen-bond acceptors (Lipinski definition) is 5. The Hall–Kier alpha value is -1.97. The van der Waals surface area contributed by atoms with Crippen LogP contribution in [0.5, 0.6) is 0 Å². The van der Waals surface area contributed by atoms with E-state index in [1.165, 1.54) is 12.0 Å². The maximum atomic E-state index is 13.6. The van der Waals surface area contributed by atoms with E-state index in [4.69, 9.17) is 11.6 Å². The summed E-state index contributed by atoms with van der Waals surface area (Å²) in [5.41, 5.74) is 0.968. The van der Waals surface area contributed by atoms with E-state index in [2.05, 4.69) is 36.9 Å². The highest BCUT2D eigenvalue weighted by Crippen LogP contribution is 2.65. The summed E-state index contributed by atoms with van der Waals surface area (Å²) in [5, 5.41) is 16.6. The van der Waals surface area contributed by atoms with Gasteiger partial charge in [-0.1, -0.05) is 23.7 Å². The molecule has 7 rings (SSSR count). The Morgan fingerprint density at radius 3 is 2.53 bits per heavy atom. The second kappa shape index (κ2) is 9.10. The normalized spacial score (nSPS) is 31.7. The van der Waals surface area contributed by atoms with Crippen molar-refractivity contribution in [2.24, 2.45) is 17.3 Å². The molecule has 8 nitrogen and oxygen atoms in total. The number of benzene rings is 1. The molecule has 4 saturated carbocycles. The van der Waals surface area contributed by atoms with Gasteiger partial charge in [0.25, 0.3) is 0 Å². The molecular formula is C26H31BrClN5O3. The fourth-order valence-corrected chi connectivity index (χ4v) is 8.70. The van der Waals surface area contributed by atoms with Gasteiger partial charge in [-0.2, -0.15) is 4.68 Å². The molecule has 2 atom stereocenters. The molecular weight excluding hydrogens is 546 g/mol. The van der Waals surface area contributed by atoms with Crippen LogP contribution in [0.1, 0.15) is 50.5 Å². The van der Waals surface area contributed by atoms with Gasteiger partial charge in [0.2, 0.25) is 5.91 Å². The number of nitro groups is 1. The lowest BCUT2D eigenvalue weighted by Crippen LogP contribution is -2.58. The van der Waals surface area contributed by atoms with Gasteiger partial charge in [-0.25, -0.2) is 0 Å². The third-order valence-corrected chi connectivity index (χ3v) is 9.80. The predicted octanol–water partition coefficient (Wildman–Crippen LogP) is 5.24. The maximum absolute atomic E-state index is 13.6. The molecule has 192 valence electrons. The van der Waals surface area contributed by atoms with Crippen LogP contribution >= 0.6 is 27.5 Å². The van der Waals surface area contributed by atoms with Crippen molar-refractivity contribution in [2.75, 3.05) is 26.2 Å². The summed E-state index contributed by atoms with van der Waals surface area (Å²) >= 11 is 9.47. The zero-order valence-electron chi connectivity index (χ0n) is 20.2. The fraction of sp³-hybridized carbons (Fsp3) is 0.615. The average Bonchev–Trinajstić information content (AvgIpc) is 3.21. The molecule has 0 radical (unpaired) electrons. The van der Waals surface area contributed by atoms with Crippen molar-refractivity contribution < 1.29 is 9.72 Å². The second-order valence-corrected chi connectivity index (χ2v) is 12.9. The molecule has 1 aromatic heterocycles. The lowest BCUT2D eigenvalue weighted by molar-refractivity contribution is -0.390. The van der Waals surface area contributed by atoms with Crippen molar-refractivity contribution in [3.63, 3.8) is 0 Å². The van der Waals surface area contributed by atoms with E-state index in [1.54, 1.807) is 6.20 Å². The molecule has 4 bridgehead atoms. The predicted molar refractivity (Wildman–Crippen MR) is 140 cm³/mol. The topological polar surface area (TPSA) is 84.5 Å². The van der Waals surface area contributed by atoms with Crippen LogP contribution in [0.25, 0.3) is 0 Å². The summed E-state index contributed by atoms with van der Waals surface area (Å²) in [6.45, 7) is 4.10. The molecule has 1 amide bonds. The first-order valence-electron chi connectivity index (χ1n) is 12.9. The average molecular weight is 577 g/mol. The Labute approximate surface area is 224 Å². The summed E-state index contributed by atoms with van der Waals surface area (Å²) < 4.78 is 2.31. The van der Waals surface area contributed by atoms with E-state index in [0.29, 0.717) is 22.7 Å². The SMILES string of the molecule is O=C(CC12CC3CC(C1)CC(n1cc(Br)c([N+](=O)[O-])n1)(C3)C2)N1CCN(Cc2cccc(Cl)c2)CC1. The van der Waals surface area contributed by atoms with Crippen molar-refractivity contribution in [2.45, 2.75) is 57.0 Å². The van der Waals surface area contributed by atoms with E-state index >= 15 is 0 Å². The molecule has 0 N–H and O–H groups in total. The minimum atomic E-state index is -0.424. The maximum Gasteiger partial charge on any atom is 0.404 e. The Morgan fingerprint density at radius 2 is 1.89 bits per heavy atom. The number of aromatic nitrogens is 2. The number of hydrogen-bond donors (Lipinski definition) is 0. The lowest BCUT2D eigenvalue weighted by Gasteiger charge is -2.61. The summed E-state index contributed by atoms with van der Waals surface area (Å²) in [7, 11) is 0. The minimum absolute atomic E-state index is 0.0215. The van der Waals surface area contributed by atoms with E-state index in [1.807, 2.05) is 22.9 Å². The standard InChI is InChI=1S/C26H31BrClN5O3/c27-22-16-32(29-24(22)33(35)36)26-12-19-8-20(13-26)11-25(10-19,17-26)14-23(34)31-6-4-30(5-7-31)15-18-2-1-3-21(28)9-18/h1-3,9,16,19-20H,4-8,10-15,17H2.